The van der Waals surface area contributed by atoms with Crippen molar-refractivity contribution in [2.45, 2.75) is 105 Å². The van der Waals surface area contributed by atoms with Gasteiger partial charge >= 0.3 is 0 Å². The van der Waals surface area contributed by atoms with Crippen LogP contribution in [0, 0.1) is 0 Å². The largest absolute Gasteiger partial charge is 0.504 e. The van der Waals surface area contributed by atoms with Gasteiger partial charge in [-0.25, -0.2) is 0 Å². The van der Waals surface area contributed by atoms with Crippen molar-refractivity contribution < 1.29 is 19.7 Å². The Bertz CT molecular complexity index is 505. The van der Waals surface area contributed by atoms with E-state index in [1.165, 1.54) is 0 Å². The molecule has 0 amide bonds. The zero-order chi connectivity index (χ0) is 20.8. The number of hydrogen-bond donors (Lipinski definition) is 2. The topological polar surface area (TPSA) is 58.9 Å². The molecule has 0 aromatic heterocycles. The van der Waals surface area contributed by atoms with Crippen LogP contribution in [0.15, 0.2) is 0 Å². The number of phenols is 2. The number of unbranched alkanes of at least 4 members (excludes halogenated alkanes) is 6. The Balaban J connectivity index is 3.34. The Morgan fingerprint density at radius 3 is 1.50 bits per heavy atom. The average Bonchev–Trinajstić information content (AvgIpc) is 2.69. The van der Waals surface area contributed by atoms with Gasteiger partial charge in [0, 0.05) is 11.1 Å². The molecule has 0 aliphatic carbocycles. The summed E-state index contributed by atoms with van der Waals surface area (Å²) in [6, 6.07) is 0. The highest BCUT2D eigenvalue weighted by Crippen LogP contribution is 2.49. The molecule has 1 aromatic carbocycles. The van der Waals surface area contributed by atoms with Crippen LogP contribution in [0.2, 0.25) is 0 Å². The molecule has 1 aromatic rings. The SMILES string of the molecule is CCCCCc1c(O)c(O)c(OCCCC)c(OCCCC)c1CCCCC. The first-order chi connectivity index (χ1) is 13.6. The van der Waals surface area contributed by atoms with Gasteiger partial charge in [-0.1, -0.05) is 66.2 Å². The van der Waals surface area contributed by atoms with E-state index in [-0.39, 0.29) is 11.5 Å². The molecule has 0 saturated heterocycles. The summed E-state index contributed by atoms with van der Waals surface area (Å²) in [6.07, 6.45) is 12.1. The van der Waals surface area contributed by atoms with Gasteiger partial charge in [0.15, 0.2) is 11.5 Å². The van der Waals surface area contributed by atoms with Crippen molar-refractivity contribution in [3.63, 3.8) is 0 Å². The van der Waals surface area contributed by atoms with Gasteiger partial charge in [0.25, 0.3) is 0 Å². The summed E-state index contributed by atoms with van der Waals surface area (Å²) in [5.74, 6) is 0.806. The molecule has 4 heteroatoms. The second kappa shape index (κ2) is 14.4. The van der Waals surface area contributed by atoms with Gasteiger partial charge in [-0.3, -0.25) is 0 Å². The third-order valence-electron chi connectivity index (χ3n) is 5.12. The maximum absolute atomic E-state index is 10.8. The van der Waals surface area contributed by atoms with Gasteiger partial charge in [0.2, 0.25) is 11.5 Å². The van der Waals surface area contributed by atoms with E-state index in [0.29, 0.717) is 24.7 Å². The van der Waals surface area contributed by atoms with Gasteiger partial charge in [-0.2, -0.15) is 0 Å². The van der Waals surface area contributed by atoms with Crippen molar-refractivity contribution in [1.82, 2.24) is 0 Å². The molecule has 0 aliphatic heterocycles. The highest BCUT2D eigenvalue weighted by Gasteiger charge is 2.25. The Labute approximate surface area is 172 Å². The van der Waals surface area contributed by atoms with Crippen LogP contribution in [0.1, 0.15) is 103 Å². The number of benzene rings is 1. The molecule has 0 spiro atoms. The van der Waals surface area contributed by atoms with Crippen LogP contribution in [-0.4, -0.2) is 23.4 Å². The van der Waals surface area contributed by atoms with Crippen LogP contribution in [0.25, 0.3) is 0 Å². The van der Waals surface area contributed by atoms with Crippen LogP contribution in [0.3, 0.4) is 0 Å². The number of aromatic hydroxyl groups is 2. The zero-order valence-corrected chi connectivity index (χ0v) is 18.6. The van der Waals surface area contributed by atoms with E-state index < -0.39 is 0 Å². The minimum Gasteiger partial charge on any atom is -0.504 e. The zero-order valence-electron chi connectivity index (χ0n) is 18.6. The lowest BCUT2D eigenvalue weighted by Crippen LogP contribution is -2.08. The van der Waals surface area contributed by atoms with Gasteiger partial charge in [-0.05, 0) is 38.5 Å². The molecule has 0 heterocycles. The highest BCUT2D eigenvalue weighted by atomic mass is 16.5. The van der Waals surface area contributed by atoms with Gasteiger partial charge in [0.05, 0.1) is 13.2 Å². The third-order valence-corrected chi connectivity index (χ3v) is 5.12. The minimum absolute atomic E-state index is 0.0167. The smallest absolute Gasteiger partial charge is 0.207 e. The Hall–Kier alpha value is -1.58. The predicted octanol–water partition coefficient (Wildman–Crippen LogP) is 6.92. The molecule has 1 rings (SSSR count). The number of ether oxygens (including phenoxy) is 2. The summed E-state index contributed by atoms with van der Waals surface area (Å²) in [5, 5.41) is 21.5. The molecule has 0 radical (unpaired) electrons. The van der Waals surface area contributed by atoms with E-state index in [1.807, 2.05) is 0 Å². The maximum atomic E-state index is 10.8. The lowest BCUT2D eigenvalue weighted by molar-refractivity contribution is 0.245. The summed E-state index contributed by atoms with van der Waals surface area (Å²) in [4.78, 5) is 0. The lowest BCUT2D eigenvalue weighted by atomic mass is 9.94. The number of hydrogen-bond acceptors (Lipinski definition) is 4. The minimum atomic E-state index is -0.159. The van der Waals surface area contributed by atoms with Crippen molar-refractivity contribution in [3.05, 3.63) is 11.1 Å². The van der Waals surface area contributed by atoms with Crippen LogP contribution < -0.4 is 9.47 Å². The van der Waals surface area contributed by atoms with Crippen molar-refractivity contribution >= 4 is 0 Å². The molecule has 0 bridgehead atoms. The molecule has 0 aliphatic rings. The molecule has 28 heavy (non-hydrogen) atoms. The summed E-state index contributed by atoms with van der Waals surface area (Å²) < 4.78 is 12.1. The van der Waals surface area contributed by atoms with Crippen molar-refractivity contribution in [2.24, 2.45) is 0 Å². The summed E-state index contributed by atoms with van der Waals surface area (Å²) in [5.41, 5.74) is 1.87. The van der Waals surface area contributed by atoms with Gasteiger partial charge < -0.3 is 19.7 Å². The normalized spacial score (nSPS) is 11.0. The first-order valence-electron chi connectivity index (χ1n) is 11.5. The molecule has 162 valence electrons. The molecular formula is C24H42O4. The molecule has 0 unspecified atom stereocenters. The first kappa shape index (κ1) is 24.5. The van der Waals surface area contributed by atoms with Gasteiger partial charge in [-0.15, -0.1) is 0 Å². The predicted molar refractivity (Wildman–Crippen MR) is 117 cm³/mol. The van der Waals surface area contributed by atoms with E-state index in [2.05, 4.69) is 27.7 Å². The van der Waals surface area contributed by atoms with E-state index in [4.69, 9.17) is 9.47 Å². The fourth-order valence-corrected chi connectivity index (χ4v) is 3.34. The summed E-state index contributed by atoms with van der Waals surface area (Å²) >= 11 is 0. The van der Waals surface area contributed by atoms with Gasteiger partial charge in [0.1, 0.15) is 0 Å². The fraction of sp³-hybridized carbons (Fsp3) is 0.750. The quantitative estimate of drug-likeness (QED) is 0.236. The Kier molecular flexibility index (Phi) is 12.6. The monoisotopic (exact) mass is 394 g/mol. The number of rotatable bonds is 16. The van der Waals surface area contributed by atoms with Crippen LogP contribution >= 0.6 is 0 Å². The van der Waals surface area contributed by atoms with Crippen LogP contribution in [-0.2, 0) is 12.8 Å². The summed E-state index contributed by atoms with van der Waals surface area (Å²) in [7, 11) is 0. The highest BCUT2D eigenvalue weighted by molar-refractivity contribution is 5.66. The van der Waals surface area contributed by atoms with Crippen molar-refractivity contribution in [1.29, 1.82) is 0 Å². The van der Waals surface area contributed by atoms with Crippen molar-refractivity contribution in [3.8, 4) is 23.0 Å². The van der Waals surface area contributed by atoms with E-state index >= 15 is 0 Å². The molecule has 0 fully saturated rings. The first-order valence-corrected chi connectivity index (χ1v) is 11.5. The standard InChI is InChI=1S/C24H42O4/c1-5-9-13-15-19-20(16-14-10-6-2)23(27-17-11-7-3)24(22(26)21(19)25)28-18-12-8-4/h25-26H,5-18H2,1-4H3. The second-order valence-electron chi connectivity index (χ2n) is 7.63. The molecular weight excluding hydrogens is 352 g/mol. The number of phenolic OH excluding ortho intramolecular Hbond substituents is 2. The second-order valence-corrected chi connectivity index (χ2v) is 7.63. The van der Waals surface area contributed by atoms with Crippen LogP contribution in [0.4, 0.5) is 0 Å². The van der Waals surface area contributed by atoms with E-state index in [9.17, 15) is 10.2 Å². The lowest BCUT2D eigenvalue weighted by Gasteiger charge is -2.22. The van der Waals surface area contributed by atoms with E-state index in [0.717, 1.165) is 88.2 Å². The van der Waals surface area contributed by atoms with Crippen LogP contribution in [0.5, 0.6) is 23.0 Å². The average molecular weight is 395 g/mol. The molecule has 4 nitrogen and oxygen atoms in total. The molecule has 2 N–H and O–H groups in total. The third kappa shape index (κ3) is 7.44. The molecule has 0 saturated carbocycles. The Morgan fingerprint density at radius 2 is 1.00 bits per heavy atom. The van der Waals surface area contributed by atoms with Crippen molar-refractivity contribution in [2.75, 3.05) is 13.2 Å². The molecule has 0 atom stereocenters. The summed E-state index contributed by atoms with van der Waals surface area (Å²) in [6.45, 7) is 9.70. The van der Waals surface area contributed by atoms with E-state index in [1.54, 1.807) is 0 Å². The maximum Gasteiger partial charge on any atom is 0.207 e. The fourth-order valence-electron chi connectivity index (χ4n) is 3.34. The Morgan fingerprint density at radius 1 is 0.536 bits per heavy atom.